The van der Waals surface area contributed by atoms with E-state index in [-0.39, 0.29) is 0 Å². The van der Waals surface area contributed by atoms with Crippen LogP contribution in [0.15, 0.2) is 0 Å². The van der Waals surface area contributed by atoms with Gasteiger partial charge >= 0.3 is 42.3 Å². The van der Waals surface area contributed by atoms with E-state index in [4.69, 9.17) is 5.11 Å². The molecule has 2 rings (SSSR count). The Labute approximate surface area is 174 Å². The van der Waals surface area contributed by atoms with E-state index in [9.17, 15) is 66.7 Å². The van der Waals surface area contributed by atoms with Crippen molar-refractivity contribution < 1.29 is 89.7 Å². The zero-order valence-electron chi connectivity index (χ0n) is 15.4. The molecular weight excluding hydrogens is 536 g/mol. The van der Waals surface area contributed by atoms with E-state index in [1.807, 2.05) is 0 Å². The lowest BCUT2D eigenvalue weighted by Gasteiger charge is -2.57. The first kappa shape index (κ1) is 28.1. The Bertz CT molecular complexity index is 906. The number of carboxylic acid groups (broad SMARTS) is 1. The zero-order chi connectivity index (χ0) is 27.6. The molecule has 4 nitrogen and oxygen atoms in total. The van der Waals surface area contributed by atoms with Gasteiger partial charge in [-0.25, -0.2) is 26.7 Å². The molecule has 198 valence electrons. The second-order valence-electron chi connectivity index (χ2n) is 7.32. The van der Waals surface area contributed by atoms with Crippen molar-refractivity contribution in [2.24, 2.45) is 10.8 Å². The van der Waals surface area contributed by atoms with Gasteiger partial charge in [0.15, 0.2) is 0 Å². The van der Waals surface area contributed by atoms with E-state index in [1.165, 1.54) is 0 Å². The number of esters is 1. The molecule has 34 heavy (non-hydrogen) atoms. The van der Waals surface area contributed by atoms with Crippen LogP contribution in [-0.4, -0.2) is 71.5 Å². The predicted octanol–water partition coefficient (Wildman–Crippen LogP) is 4.72. The van der Waals surface area contributed by atoms with Crippen molar-refractivity contribution in [1.29, 1.82) is 0 Å². The van der Waals surface area contributed by atoms with Crippen LogP contribution in [0.1, 0.15) is 6.42 Å². The average Bonchev–Trinajstić information content (AvgIpc) is 2.73. The van der Waals surface area contributed by atoms with Crippen LogP contribution in [-0.2, 0) is 14.3 Å². The van der Waals surface area contributed by atoms with Gasteiger partial charge in [-0.05, 0) is 0 Å². The maximum atomic E-state index is 15.8. The molecule has 4 unspecified atom stereocenters. The Balaban J connectivity index is 3.56. The summed E-state index contributed by atoms with van der Waals surface area (Å²) >= 11 is 0. The Kier molecular flexibility index (Phi) is 5.22. The molecule has 0 radical (unpaired) electrons. The van der Waals surface area contributed by atoms with Gasteiger partial charge in [-0.2, -0.15) is 48.3 Å². The Morgan fingerprint density at radius 1 is 0.735 bits per heavy atom. The summed E-state index contributed by atoms with van der Waals surface area (Å²) in [5.41, 5.74) is -39.6. The molecule has 20 heteroatoms. The second kappa shape index (κ2) is 6.33. The fourth-order valence-electron chi connectivity index (χ4n) is 5.13. The zero-order valence-corrected chi connectivity index (χ0v) is 15.4. The summed E-state index contributed by atoms with van der Waals surface area (Å²) < 4.78 is 232. The van der Waals surface area contributed by atoms with Gasteiger partial charge in [0.05, 0.1) is 13.5 Å². The number of aliphatic carboxylic acids is 1. The summed E-state index contributed by atoms with van der Waals surface area (Å²) in [6.45, 7) is 0. The van der Waals surface area contributed by atoms with Crippen molar-refractivity contribution in [3.8, 4) is 0 Å². The molecule has 0 heterocycles. The first-order chi connectivity index (χ1) is 14.6. The summed E-state index contributed by atoms with van der Waals surface area (Å²) in [4.78, 5) is 22.5. The Morgan fingerprint density at radius 3 is 1.38 bits per heavy atom. The minimum absolute atomic E-state index is 0.518. The summed E-state index contributed by atoms with van der Waals surface area (Å²) in [5.74, 6) is -23.8. The number of carboxylic acids is 1. The van der Waals surface area contributed by atoms with E-state index in [0.29, 0.717) is 0 Å². The van der Waals surface area contributed by atoms with E-state index >= 15 is 13.2 Å². The van der Waals surface area contributed by atoms with Gasteiger partial charge in [0.1, 0.15) is 0 Å². The molecule has 0 aromatic rings. The Hall–Kier alpha value is -2.18. The molecule has 0 amide bonds. The van der Waals surface area contributed by atoms with Crippen LogP contribution in [0.25, 0.3) is 0 Å². The van der Waals surface area contributed by atoms with Crippen LogP contribution in [0, 0.1) is 10.8 Å². The molecule has 2 saturated carbocycles. The molecule has 0 aliphatic heterocycles. The smallest absolute Gasteiger partial charge is 0.410 e. The van der Waals surface area contributed by atoms with Gasteiger partial charge in [-0.15, -0.1) is 0 Å². The van der Waals surface area contributed by atoms with Gasteiger partial charge in [0, 0.05) is 0 Å². The van der Waals surface area contributed by atoms with Crippen LogP contribution in [0.5, 0.6) is 0 Å². The molecule has 2 bridgehead atoms. The van der Waals surface area contributed by atoms with Crippen LogP contribution in [0.2, 0.25) is 0 Å². The fraction of sp³-hybridized carbons (Fsp3) is 0.857. The van der Waals surface area contributed by atoms with E-state index < -0.39 is 83.7 Å². The van der Waals surface area contributed by atoms with Crippen LogP contribution >= 0.6 is 0 Å². The Morgan fingerprint density at radius 2 is 1.12 bits per heavy atom. The number of hydrogen-bond acceptors (Lipinski definition) is 3. The molecule has 0 saturated heterocycles. The van der Waals surface area contributed by atoms with Gasteiger partial charge in [0.25, 0.3) is 16.8 Å². The monoisotopic (exact) mass is 542 g/mol. The number of alkyl halides is 16. The lowest BCUT2D eigenvalue weighted by atomic mass is 9.50. The number of hydrogen-bond donors (Lipinski definition) is 1. The number of ether oxygens (including phenoxy) is 1. The van der Waals surface area contributed by atoms with Crippen molar-refractivity contribution in [2.45, 2.75) is 53.8 Å². The molecule has 4 atom stereocenters. The third kappa shape index (κ3) is 2.05. The van der Waals surface area contributed by atoms with Crippen molar-refractivity contribution in [3.05, 3.63) is 0 Å². The molecule has 1 N–H and O–H groups in total. The molecule has 2 fully saturated rings. The van der Waals surface area contributed by atoms with Crippen LogP contribution < -0.4 is 0 Å². The topological polar surface area (TPSA) is 63.6 Å². The van der Waals surface area contributed by atoms with Crippen LogP contribution in [0.4, 0.5) is 70.2 Å². The minimum Gasteiger partial charge on any atom is -0.481 e. The van der Waals surface area contributed by atoms with E-state index in [0.717, 1.165) is 0 Å². The third-order valence-corrected chi connectivity index (χ3v) is 6.12. The summed E-state index contributed by atoms with van der Waals surface area (Å²) in [5, 5.41) is 8.46. The lowest BCUT2D eigenvalue weighted by Crippen LogP contribution is -2.85. The van der Waals surface area contributed by atoms with Crippen molar-refractivity contribution in [2.75, 3.05) is 7.11 Å². The first-order valence-electron chi connectivity index (χ1n) is 7.98. The maximum Gasteiger partial charge on any atom is 0.410 e. The molecule has 2 aliphatic carbocycles. The number of carbonyl (C=O) groups is 2. The highest BCUT2D eigenvalue weighted by atomic mass is 19.4. The SMILES string of the molecule is COC(=O)C1(F)C2(C(F)(F)F)C(F)(F)C(F)(C(F)(F)C2(F)CC(=O)O)C1(C(F)(F)F)C(F)(F)F. The number of halogens is 16. The highest BCUT2D eigenvalue weighted by Gasteiger charge is 3.22. The van der Waals surface area contributed by atoms with Gasteiger partial charge in [-0.3, -0.25) is 4.79 Å². The van der Waals surface area contributed by atoms with Crippen molar-refractivity contribution >= 4 is 11.9 Å². The molecular formula is C14H6F16O4. The number of carbonyl (C=O) groups excluding carboxylic acids is 1. The second-order valence-corrected chi connectivity index (χ2v) is 7.32. The van der Waals surface area contributed by atoms with Gasteiger partial charge in [-0.1, -0.05) is 0 Å². The minimum atomic E-state index is -8.33. The number of methoxy groups -OCH3 is 1. The largest absolute Gasteiger partial charge is 0.481 e. The van der Waals surface area contributed by atoms with Crippen molar-refractivity contribution in [1.82, 2.24) is 0 Å². The predicted molar refractivity (Wildman–Crippen MR) is 68.7 cm³/mol. The van der Waals surface area contributed by atoms with Gasteiger partial charge in [0.2, 0.25) is 11.1 Å². The number of fused-ring (bicyclic) bond motifs is 2. The molecule has 2 aliphatic rings. The standard InChI is InChI=1S/C14H6F16O4/c1-34-4(33)6(16)7(12(22,23)24)5(15,2-3(31)32)10(18,19)9(17,11(7,20)21)8(6,13(25,26)27)14(28,29)30/h2H2,1H3,(H,31,32). The van der Waals surface area contributed by atoms with E-state index in [1.54, 1.807) is 0 Å². The fourth-order valence-corrected chi connectivity index (χ4v) is 5.13. The quantitative estimate of drug-likeness (QED) is 0.415. The lowest BCUT2D eigenvalue weighted by molar-refractivity contribution is -0.460. The summed E-state index contributed by atoms with van der Waals surface area (Å²) in [6, 6.07) is 0. The highest BCUT2D eigenvalue weighted by Crippen LogP contribution is 2.93. The summed E-state index contributed by atoms with van der Waals surface area (Å²) in [6.07, 6.45) is -28.5. The highest BCUT2D eigenvalue weighted by molar-refractivity contribution is 5.87. The number of rotatable bonds is 3. The average molecular weight is 542 g/mol. The molecule has 0 aromatic carbocycles. The van der Waals surface area contributed by atoms with Crippen LogP contribution in [0.3, 0.4) is 0 Å². The molecule has 0 spiro atoms. The normalized spacial score (nSPS) is 38.6. The van der Waals surface area contributed by atoms with Crippen molar-refractivity contribution in [3.63, 3.8) is 0 Å². The van der Waals surface area contributed by atoms with Gasteiger partial charge < -0.3 is 9.84 Å². The summed E-state index contributed by atoms with van der Waals surface area (Å²) in [7, 11) is -0.518. The maximum absolute atomic E-state index is 15.8. The first-order valence-corrected chi connectivity index (χ1v) is 7.98. The molecule has 0 aromatic heterocycles. The van der Waals surface area contributed by atoms with E-state index in [2.05, 4.69) is 4.74 Å². The third-order valence-electron chi connectivity index (χ3n) is 6.12.